The molecule has 6 N–H and O–H groups in total. The van der Waals surface area contributed by atoms with Gasteiger partial charge >= 0.3 is 52.5 Å². The average molecular weight is 549 g/mol. The molecule has 0 bridgehead atoms. The summed E-state index contributed by atoms with van der Waals surface area (Å²) in [4.78, 5) is 0. The second kappa shape index (κ2) is 39.0. The molecule has 7 nitrogen and oxygen atoms in total. The Morgan fingerprint density at radius 2 is 0.686 bits per heavy atom. The van der Waals surface area contributed by atoms with Crippen LogP contribution in [0.15, 0.2) is 0 Å². The molecule has 8 heteroatoms. The first-order valence-electron chi connectivity index (χ1n) is 14.3. The van der Waals surface area contributed by atoms with E-state index < -0.39 is 18.1 Å². The van der Waals surface area contributed by atoms with Crippen LogP contribution in [0, 0.1) is 0 Å². The molecule has 218 valence electrons. The van der Waals surface area contributed by atoms with E-state index in [0.717, 1.165) is 19.3 Å². The van der Waals surface area contributed by atoms with E-state index in [9.17, 15) is 0 Å². The van der Waals surface area contributed by atoms with Gasteiger partial charge in [0.05, 0.1) is 0 Å². The maximum atomic E-state index is 8.42. The van der Waals surface area contributed by atoms with Crippen molar-refractivity contribution >= 4 is 0 Å². The summed E-state index contributed by atoms with van der Waals surface area (Å²) >= 11 is -4.66. The van der Waals surface area contributed by atoms with Gasteiger partial charge in [-0.05, 0) is 19.3 Å². The molecule has 0 rings (SSSR count). The van der Waals surface area contributed by atoms with Crippen molar-refractivity contribution in [3.05, 3.63) is 0 Å². The second-order valence-electron chi connectivity index (χ2n) is 9.21. The molecule has 0 aliphatic rings. The van der Waals surface area contributed by atoms with Gasteiger partial charge in [-0.1, -0.05) is 117 Å². The third kappa shape index (κ3) is 66.0. The minimum absolute atomic E-state index is 0.324. The van der Waals surface area contributed by atoms with Gasteiger partial charge in [0.2, 0.25) is 0 Å². The molecule has 0 aromatic rings. The van der Waals surface area contributed by atoms with E-state index in [0.29, 0.717) is 19.8 Å². The van der Waals surface area contributed by atoms with Gasteiger partial charge in [-0.2, -0.15) is 0 Å². The van der Waals surface area contributed by atoms with Crippen molar-refractivity contribution in [2.24, 2.45) is 0 Å². The van der Waals surface area contributed by atoms with Crippen LogP contribution in [0.1, 0.15) is 150 Å². The van der Waals surface area contributed by atoms with E-state index in [1.54, 1.807) is 13.8 Å². The van der Waals surface area contributed by atoms with Crippen LogP contribution >= 0.6 is 0 Å². The van der Waals surface area contributed by atoms with Gasteiger partial charge in [-0.3, -0.25) is 0 Å². The van der Waals surface area contributed by atoms with Crippen molar-refractivity contribution in [1.82, 2.24) is 0 Å². The Morgan fingerprint density at radius 3 is 0.829 bits per heavy atom. The molecule has 0 amide bonds. The summed E-state index contributed by atoms with van der Waals surface area (Å²) in [6, 6.07) is 0. The minimum Gasteiger partial charge on any atom is -0.396 e. The Balaban J connectivity index is -0.000000183. The minimum atomic E-state index is -4.66. The first-order valence-corrected chi connectivity index (χ1v) is 17.1. The predicted octanol–water partition coefficient (Wildman–Crippen LogP) is 6.22. The smallest absolute Gasteiger partial charge is 0.0431 e. The number of hydrogen-bond acceptors (Lipinski definition) is 7. The molecule has 0 atom stereocenters. The monoisotopic (exact) mass is 548 g/mol. The quantitative estimate of drug-likeness (QED) is 0.0787. The zero-order valence-corrected chi connectivity index (χ0v) is 25.6. The number of hydrogen-bond donors (Lipinski definition) is 6. The molecule has 0 saturated heterocycles. The Hall–Kier alpha value is 0.434. The molecule has 0 aromatic heterocycles. The molecule has 0 saturated carbocycles. The van der Waals surface area contributed by atoms with Gasteiger partial charge < -0.3 is 15.3 Å². The van der Waals surface area contributed by atoms with Crippen molar-refractivity contribution in [2.75, 3.05) is 19.8 Å². The summed E-state index contributed by atoms with van der Waals surface area (Å²) in [6.07, 6.45) is 22.2. The fourth-order valence-corrected chi connectivity index (χ4v) is 3.98. The molecular formula is C27H64O7Ti. The van der Waals surface area contributed by atoms with E-state index in [1.165, 1.54) is 96.3 Å². The average Bonchev–Trinajstić information content (AvgIpc) is 2.79. The van der Waals surface area contributed by atoms with E-state index in [-0.39, 0.29) is 6.10 Å². The second-order valence-corrected chi connectivity index (χ2v) is 11.4. The Bertz CT molecular complexity index is 276. The van der Waals surface area contributed by atoms with Crippen LogP contribution in [0.5, 0.6) is 0 Å². The van der Waals surface area contributed by atoms with Gasteiger partial charge in [0.15, 0.2) is 0 Å². The van der Waals surface area contributed by atoms with Crippen LogP contribution < -0.4 is 0 Å². The third-order valence-electron chi connectivity index (χ3n) is 4.93. The van der Waals surface area contributed by atoms with Gasteiger partial charge in [0.25, 0.3) is 0 Å². The molecular weight excluding hydrogens is 484 g/mol. The molecule has 0 fully saturated rings. The van der Waals surface area contributed by atoms with Crippen LogP contribution in [0.2, 0.25) is 0 Å². The molecule has 35 heavy (non-hydrogen) atoms. The van der Waals surface area contributed by atoms with Gasteiger partial charge in [-0.15, -0.1) is 0 Å². The number of rotatable bonds is 20. The summed E-state index contributed by atoms with van der Waals surface area (Å²) < 4.78 is 29.1. The van der Waals surface area contributed by atoms with E-state index in [4.69, 9.17) is 26.4 Å². The Morgan fingerprint density at radius 1 is 0.457 bits per heavy atom. The van der Waals surface area contributed by atoms with Crippen LogP contribution in [-0.4, -0.2) is 52.3 Å². The molecule has 0 spiro atoms. The Kier molecular flexibility index (Phi) is 47.3. The summed E-state index contributed by atoms with van der Waals surface area (Å²) in [7, 11) is 0. The maximum Gasteiger partial charge on any atom is 0.0431 e. The summed E-state index contributed by atoms with van der Waals surface area (Å²) in [5.74, 6) is 0. The normalized spacial score (nSPS) is 10.6. The molecule has 0 unspecified atom stereocenters. The van der Waals surface area contributed by atoms with Crippen LogP contribution in [0.25, 0.3) is 0 Å². The first-order chi connectivity index (χ1) is 16.7. The SMILES string of the molecule is CC(C)[O][Ti]([OH])([OH])[OH].CCCCCCCCO.CCCCCCCCO.CCCCCCCCO. The van der Waals surface area contributed by atoms with Crippen LogP contribution in [-0.2, 0) is 21.5 Å². The fraction of sp³-hybridized carbons (Fsp3) is 1.00. The summed E-state index contributed by atoms with van der Waals surface area (Å²) in [6.45, 7) is 11.0. The fourth-order valence-electron chi connectivity index (χ4n) is 2.99. The molecule has 0 aromatic carbocycles. The molecule has 0 aliphatic heterocycles. The van der Waals surface area contributed by atoms with Gasteiger partial charge in [0, 0.05) is 19.8 Å². The standard InChI is InChI=1S/3C8H18O.C3H7O.3H2O.Ti/c3*1-2-3-4-5-6-7-8-9;1-3(2)4;;;;/h3*9H,2-8H2,1H3;3H,1-2H3;3*1H2;/q;;;-1;;;;+4/p-3. The molecule has 0 radical (unpaired) electrons. The first kappa shape index (κ1) is 42.5. The number of aliphatic hydroxyl groups excluding tert-OH is 3. The van der Waals surface area contributed by atoms with E-state index in [2.05, 4.69) is 24.1 Å². The van der Waals surface area contributed by atoms with Gasteiger partial charge in [0.1, 0.15) is 0 Å². The largest absolute Gasteiger partial charge is 0.396 e. The van der Waals surface area contributed by atoms with Crippen molar-refractivity contribution in [3.8, 4) is 0 Å². The maximum absolute atomic E-state index is 8.42. The van der Waals surface area contributed by atoms with E-state index >= 15 is 0 Å². The molecule has 0 heterocycles. The van der Waals surface area contributed by atoms with Crippen molar-refractivity contribution in [2.45, 2.75) is 156 Å². The van der Waals surface area contributed by atoms with Gasteiger partial charge in [-0.25, -0.2) is 0 Å². The zero-order chi connectivity index (χ0) is 27.6. The van der Waals surface area contributed by atoms with E-state index in [1.807, 2.05) is 0 Å². The number of aliphatic hydroxyl groups is 3. The van der Waals surface area contributed by atoms with Crippen molar-refractivity contribution in [1.29, 1.82) is 0 Å². The summed E-state index contributed by atoms with van der Waals surface area (Å²) in [5.41, 5.74) is 0. The van der Waals surface area contributed by atoms with Crippen LogP contribution in [0.3, 0.4) is 0 Å². The van der Waals surface area contributed by atoms with Crippen molar-refractivity contribution < 1.29 is 47.8 Å². The predicted molar refractivity (Wildman–Crippen MR) is 144 cm³/mol. The zero-order valence-electron chi connectivity index (χ0n) is 24.0. The summed E-state index contributed by atoms with van der Waals surface area (Å²) in [5, 5.41) is 25.3. The molecule has 0 aliphatic carbocycles. The third-order valence-corrected chi connectivity index (χ3v) is 6.16. The van der Waals surface area contributed by atoms with Crippen molar-refractivity contribution in [3.63, 3.8) is 0 Å². The number of unbranched alkanes of at least 4 members (excludes halogenated alkanes) is 15. The topological polar surface area (TPSA) is 131 Å². The van der Waals surface area contributed by atoms with Crippen LogP contribution in [0.4, 0.5) is 0 Å². The Labute approximate surface area is 223 Å².